The lowest BCUT2D eigenvalue weighted by atomic mass is 10.2. The molecule has 8 heteroatoms. The topological polar surface area (TPSA) is 93.4 Å². The number of thioether (sulfide) groups is 1. The summed E-state index contributed by atoms with van der Waals surface area (Å²) in [7, 11) is 0. The quantitative estimate of drug-likeness (QED) is 0.559. The Hall–Kier alpha value is -3.00. The highest BCUT2D eigenvalue weighted by molar-refractivity contribution is 7.98. The predicted molar refractivity (Wildman–Crippen MR) is 88.9 cm³/mol. The van der Waals surface area contributed by atoms with E-state index in [0.717, 1.165) is 11.3 Å². The SMILES string of the molecule is c1ccc(-c2nc(CSc3n[nH]c(-c4ccccn4)n3)no2)cc1. The van der Waals surface area contributed by atoms with Crippen LogP contribution in [0.2, 0.25) is 0 Å². The number of H-pyrrole nitrogens is 1. The van der Waals surface area contributed by atoms with E-state index in [2.05, 4.69) is 30.3 Å². The monoisotopic (exact) mass is 336 g/mol. The van der Waals surface area contributed by atoms with Crippen molar-refractivity contribution in [2.45, 2.75) is 10.9 Å². The number of aromatic nitrogens is 6. The summed E-state index contributed by atoms with van der Waals surface area (Å²) in [4.78, 5) is 13.0. The average Bonchev–Trinajstić information content (AvgIpc) is 3.31. The molecule has 24 heavy (non-hydrogen) atoms. The normalized spacial score (nSPS) is 10.8. The third kappa shape index (κ3) is 3.18. The van der Waals surface area contributed by atoms with Crippen molar-refractivity contribution in [3.63, 3.8) is 0 Å². The molecule has 0 saturated carbocycles. The van der Waals surface area contributed by atoms with E-state index in [1.54, 1.807) is 6.20 Å². The van der Waals surface area contributed by atoms with E-state index in [4.69, 9.17) is 4.52 Å². The third-order valence-corrected chi connectivity index (χ3v) is 4.03. The number of aromatic amines is 1. The van der Waals surface area contributed by atoms with Crippen LogP contribution in [0.5, 0.6) is 0 Å². The van der Waals surface area contributed by atoms with Crippen molar-refractivity contribution >= 4 is 11.8 Å². The lowest BCUT2D eigenvalue weighted by molar-refractivity contribution is 0.425. The van der Waals surface area contributed by atoms with Crippen LogP contribution in [0.15, 0.2) is 64.4 Å². The second-order valence-corrected chi connectivity index (χ2v) is 5.79. The van der Waals surface area contributed by atoms with Crippen LogP contribution in [0, 0.1) is 0 Å². The van der Waals surface area contributed by atoms with Crippen molar-refractivity contribution in [1.29, 1.82) is 0 Å². The number of hydrogen-bond acceptors (Lipinski definition) is 7. The average molecular weight is 336 g/mol. The van der Waals surface area contributed by atoms with Crippen LogP contribution in [0.1, 0.15) is 5.82 Å². The van der Waals surface area contributed by atoms with Gasteiger partial charge in [-0.25, -0.2) is 0 Å². The number of pyridine rings is 1. The Morgan fingerprint density at radius 3 is 2.71 bits per heavy atom. The van der Waals surface area contributed by atoms with Gasteiger partial charge in [0.15, 0.2) is 11.6 Å². The summed E-state index contributed by atoms with van der Waals surface area (Å²) in [6, 6.07) is 15.3. The molecule has 0 aliphatic heterocycles. The molecule has 3 heterocycles. The van der Waals surface area contributed by atoms with Crippen molar-refractivity contribution in [3.05, 3.63) is 60.6 Å². The van der Waals surface area contributed by atoms with Gasteiger partial charge in [-0.2, -0.15) is 9.97 Å². The van der Waals surface area contributed by atoms with E-state index in [9.17, 15) is 0 Å². The number of hydrogen-bond donors (Lipinski definition) is 1. The Bertz CT molecular complexity index is 844. The fourth-order valence-electron chi connectivity index (χ4n) is 2.07. The van der Waals surface area contributed by atoms with Gasteiger partial charge in [-0.05, 0) is 24.3 Å². The molecular weight excluding hydrogens is 324 g/mol. The molecule has 4 rings (SSSR count). The third-order valence-electron chi connectivity index (χ3n) is 3.19. The highest BCUT2D eigenvalue weighted by atomic mass is 32.2. The lowest BCUT2D eigenvalue weighted by Gasteiger charge is -1.92. The van der Waals surface area contributed by atoms with E-state index >= 15 is 0 Å². The molecule has 0 unspecified atom stereocenters. The zero-order valence-corrected chi connectivity index (χ0v) is 13.3. The van der Waals surface area contributed by atoms with Crippen LogP contribution in [0.4, 0.5) is 0 Å². The van der Waals surface area contributed by atoms with Gasteiger partial charge in [0.1, 0.15) is 5.69 Å². The summed E-state index contributed by atoms with van der Waals surface area (Å²) in [6.45, 7) is 0. The van der Waals surface area contributed by atoms with Crippen LogP contribution >= 0.6 is 11.8 Å². The second-order valence-electron chi connectivity index (χ2n) is 4.85. The molecule has 1 aromatic carbocycles. The molecule has 0 aliphatic rings. The molecule has 0 saturated heterocycles. The van der Waals surface area contributed by atoms with Crippen LogP contribution in [-0.2, 0) is 5.75 Å². The molecule has 0 spiro atoms. The Morgan fingerprint density at radius 1 is 1.00 bits per heavy atom. The summed E-state index contributed by atoms with van der Waals surface area (Å²) in [5, 5.41) is 11.7. The maximum absolute atomic E-state index is 5.28. The smallest absolute Gasteiger partial charge is 0.257 e. The van der Waals surface area contributed by atoms with E-state index in [1.807, 2.05) is 48.5 Å². The molecule has 0 radical (unpaired) electrons. The van der Waals surface area contributed by atoms with Gasteiger partial charge in [0.25, 0.3) is 5.89 Å². The van der Waals surface area contributed by atoms with E-state index in [-0.39, 0.29) is 0 Å². The molecule has 7 nitrogen and oxygen atoms in total. The molecule has 0 fully saturated rings. The van der Waals surface area contributed by atoms with E-state index < -0.39 is 0 Å². The summed E-state index contributed by atoms with van der Waals surface area (Å²) >= 11 is 1.43. The van der Waals surface area contributed by atoms with Gasteiger partial charge in [-0.15, -0.1) is 5.10 Å². The molecular formula is C16H12N6OS. The predicted octanol–water partition coefficient (Wildman–Crippen LogP) is 3.21. The number of nitrogens with zero attached hydrogens (tertiary/aromatic N) is 5. The van der Waals surface area contributed by atoms with Crippen molar-refractivity contribution < 1.29 is 4.52 Å². The zero-order chi connectivity index (χ0) is 16.2. The Kier molecular flexibility index (Phi) is 4.03. The van der Waals surface area contributed by atoms with Crippen molar-refractivity contribution in [2.24, 2.45) is 0 Å². The minimum atomic E-state index is 0.510. The van der Waals surface area contributed by atoms with Gasteiger partial charge in [0.05, 0.1) is 5.75 Å². The lowest BCUT2D eigenvalue weighted by Crippen LogP contribution is -1.86. The highest BCUT2D eigenvalue weighted by Crippen LogP contribution is 2.22. The highest BCUT2D eigenvalue weighted by Gasteiger charge is 2.11. The van der Waals surface area contributed by atoms with Gasteiger partial charge in [-0.3, -0.25) is 10.1 Å². The minimum Gasteiger partial charge on any atom is -0.334 e. The van der Waals surface area contributed by atoms with E-state index in [0.29, 0.717) is 28.4 Å². The summed E-state index contributed by atoms with van der Waals surface area (Å²) in [6.07, 6.45) is 1.72. The van der Waals surface area contributed by atoms with Crippen molar-refractivity contribution in [2.75, 3.05) is 0 Å². The van der Waals surface area contributed by atoms with Crippen LogP contribution in [0.3, 0.4) is 0 Å². The molecule has 118 valence electrons. The molecule has 0 aliphatic carbocycles. The first kappa shape index (κ1) is 14.6. The largest absolute Gasteiger partial charge is 0.334 e. The molecule has 0 amide bonds. The van der Waals surface area contributed by atoms with E-state index in [1.165, 1.54) is 11.8 Å². The molecule has 0 atom stereocenters. The summed E-state index contributed by atoms with van der Waals surface area (Å²) < 4.78 is 5.28. The first-order valence-electron chi connectivity index (χ1n) is 7.23. The van der Waals surface area contributed by atoms with Gasteiger partial charge < -0.3 is 4.52 Å². The van der Waals surface area contributed by atoms with Gasteiger partial charge in [0.2, 0.25) is 5.16 Å². The Balaban J connectivity index is 1.43. The first-order valence-corrected chi connectivity index (χ1v) is 8.22. The number of nitrogens with one attached hydrogen (secondary N) is 1. The Labute approximate surface area is 141 Å². The van der Waals surface area contributed by atoms with Gasteiger partial charge in [0, 0.05) is 11.8 Å². The van der Waals surface area contributed by atoms with Crippen molar-refractivity contribution in [3.8, 4) is 23.0 Å². The fourth-order valence-corrected chi connectivity index (χ4v) is 2.71. The minimum absolute atomic E-state index is 0.510. The zero-order valence-electron chi connectivity index (χ0n) is 12.5. The second kappa shape index (κ2) is 6.63. The molecule has 4 aromatic rings. The first-order chi connectivity index (χ1) is 11.9. The maximum Gasteiger partial charge on any atom is 0.257 e. The summed E-state index contributed by atoms with van der Waals surface area (Å²) in [5.41, 5.74) is 1.65. The number of rotatable bonds is 5. The molecule has 3 aromatic heterocycles. The van der Waals surface area contributed by atoms with Crippen molar-refractivity contribution in [1.82, 2.24) is 30.3 Å². The molecule has 0 bridgehead atoms. The van der Waals surface area contributed by atoms with Gasteiger partial charge >= 0.3 is 0 Å². The van der Waals surface area contributed by atoms with Gasteiger partial charge in [-0.1, -0.05) is 41.2 Å². The standard InChI is InChI=1S/C16H12N6OS/c1-2-6-11(7-3-1)15-18-13(22-23-15)10-24-16-19-14(20-21-16)12-8-4-5-9-17-12/h1-9H,10H2,(H,19,20,21). The van der Waals surface area contributed by atoms with Crippen LogP contribution in [0.25, 0.3) is 23.0 Å². The fraction of sp³-hybridized carbons (Fsp3) is 0.0625. The van der Waals surface area contributed by atoms with Crippen LogP contribution in [-0.4, -0.2) is 30.3 Å². The molecule has 1 N–H and O–H groups in total. The maximum atomic E-state index is 5.28. The Morgan fingerprint density at radius 2 is 1.88 bits per heavy atom. The summed E-state index contributed by atoms with van der Waals surface area (Å²) in [5.74, 6) is 2.27. The van der Waals surface area contributed by atoms with Crippen LogP contribution < -0.4 is 0 Å². The number of benzene rings is 1.